The van der Waals surface area contributed by atoms with Gasteiger partial charge in [-0.3, -0.25) is 16.2 Å². The Balaban J connectivity index is 2.34. The van der Waals surface area contributed by atoms with Crippen LogP contribution in [-0.2, 0) is 0 Å². The Kier molecular flexibility index (Phi) is 5.30. The molecular weight excluding hydrogens is 272 g/mol. The van der Waals surface area contributed by atoms with Crippen LogP contribution in [0.2, 0.25) is 0 Å². The van der Waals surface area contributed by atoms with Gasteiger partial charge in [-0.05, 0) is 51.9 Å². The van der Waals surface area contributed by atoms with E-state index in [1.54, 1.807) is 0 Å². The second kappa shape index (κ2) is 6.81. The van der Waals surface area contributed by atoms with Gasteiger partial charge < -0.3 is 0 Å². The number of halogens is 2. The summed E-state index contributed by atoms with van der Waals surface area (Å²) in [6.45, 7) is 5.85. The zero-order chi connectivity index (χ0) is 15.5. The Hall–Kier alpha value is -1.04. The van der Waals surface area contributed by atoms with Gasteiger partial charge in [-0.2, -0.15) is 0 Å². The van der Waals surface area contributed by atoms with Gasteiger partial charge in [0.1, 0.15) is 11.6 Å². The Morgan fingerprint density at radius 1 is 1.10 bits per heavy atom. The molecule has 0 radical (unpaired) electrons. The number of rotatable bonds is 4. The molecule has 5 heteroatoms. The average Bonchev–Trinajstić information content (AvgIpc) is 2.72. The third kappa shape index (κ3) is 3.42. The topological polar surface area (TPSA) is 41.3 Å². The van der Waals surface area contributed by atoms with Gasteiger partial charge in [0.15, 0.2) is 0 Å². The molecule has 1 fully saturated rings. The summed E-state index contributed by atoms with van der Waals surface area (Å²) in [5, 5.41) is 0. The van der Waals surface area contributed by atoms with E-state index in [0.717, 1.165) is 25.9 Å². The first-order valence-electron chi connectivity index (χ1n) is 7.63. The van der Waals surface area contributed by atoms with Crippen LogP contribution in [0.5, 0.6) is 0 Å². The van der Waals surface area contributed by atoms with Gasteiger partial charge in [-0.25, -0.2) is 8.78 Å². The van der Waals surface area contributed by atoms with Crippen LogP contribution in [0.4, 0.5) is 8.78 Å². The lowest BCUT2D eigenvalue weighted by Crippen LogP contribution is -2.55. The zero-order valence-electron chi connectivity index (χ0n) is 12.8. The standard InChI is InChI=1S/C16H25F2N3/c1-16(2,21-10-5-3-4-6-11-21)15(20-19)14-12(17)8-7-9-13(14)18/h7-9,15,20H,3-6,10-11,19H2,1-2H3. The third-order valence-electron chi connectivity index (χ3n) is 4.58. The third-order valence-corrected chi connectivity index (χ3v) is 4.58. The number of hydrogen-bond donors (Lipinski definition) is 2. The molecule has 21 heavy (non-hydrogen) atoms. The van der Waals surface area contributed by atoms with E-state index in [0.29, 0.717) is 0 Å². The summed E-state index contributed by atoms with van der Waals surface area (Å²) in [6.07, 6.45) is 4.64. The first-order valence-corrected chi connectivity index (χ1v) is 7.63. The maximum Gasteiger partial charge on any atom is 0.131 e. The smallest absolute Gasteiger partial charge is 0.131 e. The second-order valence-corrected chi connectivity index (χ2v) is 6.29. The van der Waals surface area contributed by atoms with Crippen LogP contribution >= 0.6 is 0 Å². The Morgan fingerprint density at radius 2 is 1.62 bits per heavy atom. The van der Waals surface area contributed by atoms with Crippen LogP contribution in [0, 0.1) is 11.6 Å². The lowest BCUT2D eigenvalue weighted by atomic mass is 9.86. The minimum absolute atomic E-state index is 0.0225. The van der Waals surface area contributed by atoms with Crippen LogP contribution in [-0.4, -0.2) is 23.5 Å². The number of nitrogens with one attached hydrogen (secondary N) is 1. The number of likely N-dealkylation sites (tertiary alicyclic amines) is 1. The molecular formula is C16H25F2N3. The van der Waals surface area contributed by atoms with Crippen molar-refractivity contribution in [3.05, 3.63) is 35.4 Å². The van der Waals surface area contributed by atoms with E-state index in [1.165, 1.54) is 31.0 Å². The molecule has 0 aliphatic carbocycles. The summed E-state index contributed by atoms with van der Waals surface area (Å²) in [6, 6.07) is 3.33. The van der Waals surface area contributed by atoms with Gasteiger partial charge in [0.2, 0.25) is 0 Å². The Morgan fingerprint density at radius 3 is 2.10 bits per heavy atom. The maximum absolute atomic E-state index is 14.1. The molecule has 1 aliphatic heterocycles. The van der Waals surface area contributed by atoms with E-state index in [4.69, 9.17) is 5.84 Å². The summed E-state index contributed by atoms with van der Waals surface area (Å²) in [5.41, 5.74) is 2.19. The van der Waals surface area contributed by atoms with Gasteiger partial charge in [0, 0.05) is 11.1 Å². The van der Waals surface area contributed by atoms with Gasteiger partial charge >= 0.3 is 0 Å². The van der Waals surface area contributed by atoms with E-state index in [2.05, 4.69) is 10.3 Å². The van der Waals surface area contributed by atoms with Crippen molar-refractivity contribution in [2.45, 2.75) is 51.1 Å². The number of hydrazine groups is 1. The van der Waals surface area contributed by atoms with Crippen molar-refractivity contribution in [1.82, 2.24) is 10.3 Å². The molecule has 0 spiro atoms. The fourth-order valence-electron chi connectivity index (χ4n) is 3.26. The molecule has 0 aromatic heterocycles. The van der Waals surface area contributed by atoms with Crippen molar-refractivity contribution in [1.29, 1.82) is 0 Å². The summed E-state index contributed by atoms with van der Waals surface area (Å²) < 4.78 is 28.2. The lowest BCUT2D eigenvalue weighted by molar-refractivity contribution is 0.0804. The molecule has 118 valence electrons. The molecule has 0 saturated carbocycles. The van der Waals surface area contributed by atoms with Gasteiger partial charge in [0.25, 0.3) is 0 Å². The Labute approximate surface area is 125 Å². The molecule has 2 rings (SSSR count). The largest absolute Gasteiger partial charge is 0.296 e. The van der Waals surface area contributed by atoms with Crippen molar-refractivity contribution in [2.75, 3.05) is 13.1 Å². The molecule has 1 aliphatic rings. The molecule has 1 unspecified atom stereocenters. The number of hydrogen-bond acceptors (Lipinski definition) is 3. The van der Waals surface area contributed by atoms with Crippen molar-refractivity contribution in [3.8, 4) is 0 Å². The molecule has 1 aromatic rings. The predicted octanol–water partition coefficient (Wildman–Crippen LogP) is 3.12. The monoisotopic (exact) mass is 297 g/mol. The molecule has 3 N–H and O–H groups in total. The molecule has 0 bridgehead atoms. The first kappa shape index (κ1) is 16.3. The summed E-state index contributed by atoms with van der Waals surface area (Å²) >= 11 is 0. The first-order chi connectivity index (χ1) is 9.98. The quantitative estimate of drug-likeness (QED) is 0.663. The maximum atomic E-state index is 14.1. The van der Waals surface area contributed by atoms with E-state index < -0.39 is 23.2 Å². The molecule has 1 heterocycles. The van der Waals surface area contributed by atoms with Crippen molar-refractivity contribution in [3.63, 3.8) is 0 Å². The van der Waals surface area contributed by atoms with Crippen LogP contribution in [0.15, 0.2) is 18.2 Å². The molecule has 3 nitrogen and oxygen atoms in total. The van der Waals surface area contributed by atoms with E-state index in [1.807, 2.05) is 13.8 Å². The van der Waals surface area contributed by atoms with E-state index >= 15 is 0 Å². The lowest BCUT2D eigenvalue weighted by Gasteiger charge is -2.44. The van der Waals surface area contributed by atoms with Crippen LogP contribution in [0.1, 0.15) is 51.1 Å². The van der Waals surface area contributed by atoms with Gasteiger partial charge in [0.05, 0.1) is 6.04 Å². The van der Waals surface area contributed by atoms with Crippen LogP contribution < -0.4 is 11.3 Å². The highest BCUT2D eigenvalue weighted by Crippen LogP contribution is 2.34. The van der Waals surface area contributed by atoms with Gasteiger partial charge in [-0.1, -0.05) is 18.9 Å². The summed E-state index contributed by atoms with van der Waals surface area (Å²) in [7, 11) is 0. The normalized spacial score (nSPS) is 19.3. The van der Waals surface area contributed by atoms with E-state index in [9.17, 15) is 8.78 Å². The highest BCUT2D eigenvalue weighted by atomic mass is 19.1. The number of benzene rings is 1. The van der Waals surface area contributed by atoms with Crippen LogP contribution in [0.25, 0.3) is 0 Å². The van der Waals surface area contributed by atoms with Crippen molar-refractivity contribution < 1.29 is 8.78 Å². The van der Waals surface area contributed by atoms with Crippen molar-refractivity contribution >= 4 is 0 Å². The molecule has 1 aromatic carbocycles. The fraction of sp³-hybridized carbons (Fsp3) is 0.625. The zero-order valence-corrected chi connectivity index (χ0v) is 12.8. The highest BCUT2D eigenvalue weighted by molar-refractivity contribution is 5.26. The number of nitrogens with zero attached hydrogens (tertiary/aromatic N) is 1. The highest BCUT2D eigenvalue weighted by Gasteiger charge is 2.38. The SMILES string of the molecule is CC(C)(C(NN)c1c(F)cccc1F)N1CCCCCC1. The minimum atomic E-state index is -0.600. The predicted molar refractivity (Wildman–Crippen MR) is 80.5 cm³/mol. The Bertz CT molecular complexity index is 448. The van der Waals surface area contributed by atoms with Crippen LogP contribution in [0.3, 0.4) is 0 Å². The molecule has 0 amide bonds. The van der Waals surface area contributed by atoms with Gasteiger partial charge in [-0.15, -0.1) is 0 Å². The minimum Gasteiger partial charge on any atom is -0.296 e. The van der Waals surface area contributed by atoms with E-state index in [-0.39, 0.29) is 5.56 Å². The summed E-state index contributed by atoms with van der Waals surface area (Å²) in [5.74, 6) is 4.55. The molecule has 1 atom stereocenters. The second-order valence-electron chi connectivity index (χ2n) is 6.29. The average molecular weight is 297 g/mol. The summed E-state index contributed by atoms with van der Waals surface area (Å²) in [4.78, 5) is 2.29. The molecule has 1 saturated heterocycles. The fourth-order valence-corrected chi connectivity index (χ4v) is 3.26. The number of nitrogens with two attached hydrogens (primary N) is 1. The van der Waals surface area contributed by atoms with Crippen molar-refractivity contribution in [2.24, 2.45) is 5.84 Å².